The third-order valence-electron chi connectivity index (χ3n) is 3.11. The molecule has 0 bridgehead atoms. The first-order chi connectivity index (χ1) is 9.70. The minimum Gasteiger partial charge on any atom is -0.241 e. The number of aryl methyl sites for hydroxylation is 1. The third kappa shape index (κ3) is 1.82. The van der Waals surface area contributed by atoms with Crippen LogP contribution in [-0.2, 0) is 0 Å². The molecule has 0 unspecified atom stereocenters. The van der Waals surface area contributed by atoms with Crippen LogP contribution in [-0.4, -0.2) is 9.97 Å². The van der Waals surface area contributed by atoms with Crippen molar-refractivity contribution in [1.29, 1.82) is 0 Å². The molecule has 0 N–H and O–H groups in total. The Kier molecular flexibility index (Phi) is 2.58. The van der Waals surface area contributed by atoms with E-state index in [1.165, 1.54) is 16.8 Å². The second kappa shape index (κ2) is 4.33. The molecule has 0 atom stereocenters. The van der Waals surface area contributed by atoms with Gasteiger partial charge in [-0.2, -0.15) is 0 Å². The van der Waals surface area contributed by atoms with Crippen LogP contribution in [0.3, 0.4) is 0 Å². The van der Waals surface area contributed by atoms with Gasteiger partial charge in [-0.1, -0.05) is 0 Å². The van der Waals surface area contributed by atoms with Gasteiger partial charge in [-0.05, 0) is 43.3 Å². The lowest BCUT2D eigenvalue weighted by molar-refractivity contribution is 0.628. The fourth-order valence-electron chi connectivity index (χ4n) is 2.20. The molecular weight excluding hydrogens is 291 g/mol. The van der Waals surface area contributed by atoms with E-state index in [9.17, 15) is 4.39 Å². The SMILES string of the molecule is Cc1nc2ccc3nc(-c4ccc(F)cc4)sc3c2s1. The highest BCUT2D eigenvalue weighted by atomic mass is 32.1. The van der Waals surface area contributed by atoms with E-state index >= 15 is 0 Å². The Morgan fingerprint density at radius 1 is 0.850 bits per heavy atom. The lowest BCUT2D eigenvalue weighted by atomic mass is 10.2. The number of aromatic nitrogens is 2. The van der Waals surface area contributed by atoms with Gasteiger partial charge >= 0.3 is 0 Å². The van der Waals surface area contributed by atoms with Crippen molar-refractivity contribution in [3.63, 3.8) is 0 Å². The number of thiazole rings is 2. The van der Waals surface area contributed by atoms with Crippen LogP contribution in [0.2, 0.25) is 0 Å². The first-order valence-corrected chi connectivity index (χ1v) is 7.76. The zero-order valence-corrected chi connectivity index (χ0v) is 12.2. The average molecular weight is 300 g/mol. The predicted octanol–water partition coefficient (Wildman–Crippen LogP) is 5.02. The molecule has 0 spiro atoms. The van der Waals surface area contributed by atoms with Gasteiger partial charge in [0.05, 0.1) is 25.4 Å². The van der Waals surface area contributed by atoms with Crippen LogP contribution in [0.1, 0.15) is 5.01 Å². The Hall–Kier alpha value is -1.85. The van der Waals surface area contributed by atoms with E-state index in [2.05, 4.69) is 9.97 Å². The van der Waals surface area contributed by atoms with E-state index in [1.54, 1.807) is 34.8 Å². The van der Waals surface area contributed by atoms with Crippen molar-refractivity contribution in [3.05, 3.63) is 47.2 Å². The summed E-state index contributed by atoms with van der Waals surface area (Å²) in [5, 5.41) is 1.97. The molecule has 0 fully saturated rings. The van der Waals surface area contributed by atoms with Gasteiger partial charge in [-0.15, -0.1) is 22.7 Å². The largest absolute Gasteiger partial charge is 0.241 e. The summed E-state index contributed by atoms with van der Waals surface area (Å²) < 4.78 is 15.3. The number of halogens is 1. The van der Waals surface area contributed by atoms with E-state index in [0.29, 0.717) is 0 Å². The monoisotopic (exact) mass is 300 g/mol. The number of nitrogens with zero attached hydrogens (tertiary/aromatic N) is 2. The Bertz CT molecular complexity index is 922. The van der Waals surface area contributed by atoms with E-state index in [0.717, 1.165) is 31.3 Å². The van der Waals surface area contributed by atoms with Crippen LogP contribution in [0.5, 0.6) is 0 Å². The molecule has 0 saturated heterocycles. The van der Waals surface area contributed by atoms with Crippen LogP contribution in [0, 0.1) is 12.7 Å². The van der Waals surface area contributed by atoms with Gasteiger partial charge in [0.15, 0.2) is 0 Å². The Balaban J connectivity index is 1.98. The van der Waals surface area contributed by atoms with Crippen LogP contribution in [0.25, 0.3) is 31.0 Å². The number of rotatable bonds is 1. The normalized spacial score (nSPS) is 11.5. The summed E-state index contributed by atoms with van der Waals surface area (Å²) in [6, 6.07) is 10.5. The molecule has 0 amide bonds. The fourth-order valence-corrected chi connectivity index (χ4v) is 4.31. The highest BCUT2D eigenvalue weighted by Crippen LogP contribution is 2.37. The van der Waals surface area contributed by atoms with Gasteiger partial charge in [0.1, 0.15) is 10.8 Å². The summed E-state index contributed by atoms with van der Waals surface area (Å²) in [4.78, 5) is 9.15. The highest BCUT2D eigenvalue weighted by Gasteiger charge is 2.11. The second-order valence-electron chi connectivity index (χ2n) is 4.52. The van der Waals surface area contributed by atoms with Crippen molar-refractivity contribution in [2.75, 3.05) is 0 Å². The third-order valence-corrected chi connectivity index (χ3v) is 5.38. The highest BCUT2D eigenvalue weighted by molar-refractivity contribution is 7.28. The van der Waals surface area contributed by atoms with E-state index in [1.807, 2.05) is 19.1 Å². The maximum absolute atomic E-state index is 13.0. The van der Waals surface area contributed by atoms with Crippen molar-refractivity contribution in [2.45, 2.75) is 6.92 Å². The van der Waals surface area contributed by atoms with Gasteiger partial charge in [0, 0.05) is 5.56 Å². The Morgan fingerprint density at radius 3 is 2.25 bits per heavy atom. The molecular formula is C15H9FN2S2. The summed E-state index contributed by atoms with van der Waals surface area (Å²) in [5.74, 6) is -0.227. The summed E-state index contributed by atoms with van der Waals surface area (Å²) in [6.07, 6.45) is 0. The average Bonchev–Trinajstić information content (AvgIpc) is 3.01. The zero-order valence-electron chi connectivity index (χ0n) is 10.6. The molecule has 2 heterocycles. The van der Waals surface area contributed by atoms with Crippen molar-refractivity contribution < 1.29 is 4.39 Å². The first kappa shape index (κ1) is 11.9. The smallest absolute Gasteiger partial charge is 0.124 e. The first-order valence-electron chi connectivity index (χ1n) is 6.13. The molecule has 4 aromatic rings. The maximum Gasteiger partial charge on any atom is 0.124 e. The second-order valence-corrected chi connectivity index (χ2v) is 6.72. The molecule has 20 heavy (non-hydrogen) atoms. The van der Waals surface area contributed by atoms with Crippen molar-refractivity contribution in [3.8, 4) is 10.6 Å². The molecule has 2 aromatic carbocycles. The van der Waals surface area contributed by atoms with Gasteiger partial charge < -0.3 is 0 Å². The van der Waals surface area contributed by atoms with Crippen molar-refractivity contribution in [1.82, 2.24) is 9.97 Å². The van der Waals surface area contributed by atoms with Crippen molar-refractivity contribution in [2.24, 2.45) is 0 Å². The summed E-state index contributed by atoms with van der Waals surface area (Å²) >= 11 is 3.33. The standard InChI is InChI=1S/C15H9FN2S2/c1-8-17-11-6-7-12-14(13(11)19-8)20-15(18-12)9-2-4-10(16)5-3-9/h2-7H,1H3. The molecule has 0 aliphatic heterocycles. The fraction of sp³-hybridized carbons (Fsp3) is 0.0667. The van der Waals surface area contributed by atoms with Crippen LogP contribution in [0.15, 0.2) is 36.4 Å². The molecule has 4 rings (SSSR count). The number of hydrogen-bond acceptors (Lipinski definition) is 4. The number of fused-ring (bicyclic) bond motifs is 3. The molecule has 0 saturated carbocycles. The van der Waals surface area contributed by atoms with Gasteiger partial charge in [0.2, 0.25) is 0 Å². The van der Waals surface area contributed by atoms with Crippen molar-refractivity contribution >= 4 is 43.1 Å². The molecule has 98 valence electrons. The molecule has 2 nitrogen and oxygen atoms in total. The molecule has 5 heteroatoms. The molecule has 0 radical (unpaired) electrons. The van der Waals surface area contributed by atoms with Gasteiger partial charge in [-0.25, -0.2) is 14.4 Å². The lowest BCUT2D eigenvalue weighted by Gasteiger charge is -1.94. The van der Waals surface area contributed by atoms with E-state index in [4.69, 9.17) is 0 Å². The molecule has 0 aliphatic rings. The molecule has 0 aliphatic carbocycles. The van der Waals surface area contributed by atoms with Crippen LogP contribution in [0.4, 0.5) is 4.39 Å². The van der Waals surface area contributed by atoms with E-state index < -0.39 is 0 Å². The molecule has 2 aromatic heterocycles. The summed E-state index contributed by atoms with van der Waals surface area (Å²) in [6.45, 7) is 2.01. The number of benzene rings is 2. The topological polar surface area (TPSA) is 25.8 Å². The quantitative estimate of drug-likeness (QED) is 0.493. The predicted molar refractivity (Wildman–Crippen MR) is 82.9 cm³/mol. The zero-order chi connectivity index (χ0) is 13.7. The minimum atomic E-state index is -0.227. The minimum absolute atomic E-state index is 0.227. The van der Waals surface area contributed by atoms with Crippen LogP contribution >= 0.6 is 22.7 Å². The maximum atomic E-state index is 13.0. The lowest BCUT2D eigenvalue weighted by Crippen LogP contribution is -1.77. The van der Waals surface area contributed by atoms with Gasteiger partial charge in [-0.3, -0.25) is 0 Å². The van der Waals surface area contributed by atoms with Crippen LogP contribution < -0.4 is 0 Å². The summed E-state index contributed by atoms with van der Waals surface area (Å²) in [7, 11) is 0. The van der Waals surface area contributed by atoms with Gasteiger partial charge in [0.25, 0.3) is 0 Å². The Morgan fingerprint density at radius 2 is 1.50 bits per heavy atom. The Labute approximate surface area is 122 Å². The van der Waals surface area contributed by atoms with E-state index in [-0.39, 0.29) is 5.82 Å². The summed E-state index contributed by atoms with van der Waals surface area (Å²) in [5.41, 5.74) is 2.95. The number of hydrogen-bond donors (Lipinski definition) is 0.